The van der Waals surface area contributed by atoms with Crippen LogP contribution in [-0.2, 0) is 35.0 Å². The molecule has 5 atom stereocenters. The van der Waals surface area contributed by atoms with Crippen LogP contribution in [0.1, 0.15) is 86.1 Å². The molecule has 0 aromatic heterocycles. The van der Waals surface area contributed by atoms with Gasteiger partial charge in [-0.05, 0) is 57.7 Å². The van der Waals surface area contributed by atoms with Gasteiger partial charge in [-0.2, -0.15) is 0 Å². The summed E-state index contributed by atoms with van der Waals surface area (Å²) in [6.45, 7) is 12.5. The molecule has 40 heavy (non-hydrogen) atoms. The van der Waals surface area contributed by atoms with E-state index in [0.29, 0.717) is 24.8 Å². The van der Waals surface area contributed by atoms with Gasteiger partial charge in [0.05, 0.1) is 13.0 Å². The molecule has 11 nitrogen and oxygen atoms in total. The molecule has 1 rings (SSSR count). The molecule has 0 bridgehead atoms. The number of hydrogen-bond acceptors (Lipinski definition) is 11. The molecular weight excluding hydrogens is 522 g/mol. The zero-order chi connectivity index (χ0) is 30.5. The van der Waals surface area contributed by atoms with E-state index in [1.807, 2.05) is 20.8 Å². The molecule has 0 saturated heterocycles. The van der Waals surface area contributed by atoms with E-state index in [4.69, 9.17) is 34.2 Å². The van der Waals surface area contributed by atoms with E-state index in [1.54, 1.807) is 33.8 Å². The fourth-order valence-corrected chi connectivity index (χ4v) is 3.76. The van der Waals surface area contributed by atoms with Crippen LogP contribution in [0.3, 0.4) is 0 Å². The standard InChI is InChI=1S/C29H45NO10/c1-9-12-18(4)25(31)36-21(7)16-29(30,26(32)35-8)17-22-13-14-23(39-27(33)37-19(5)10-2)24(15-22)40-28(34)38-20(6)11-3/h13-15,18-21H,9-12,16-17,30H2,1-8H3/t18?,19-,20?,21?,29+/m0/s1. The molecule has 1 aromatic carbocycles. The SMILES string of the molecule is CCCC(C)C(=O)OC(C)C[C@@](N)(Cc1ccc(OC(=O)O[C@@H](C)CC)c(OC(=O)OC(C)CC)c1)C(=O)OC. The summed E-state index contributed by atoms with van der Waals surface area (Å²) in [7, 11) is 1.21. The first kappa shape index (κ1) is 34.7. The van der Waals surface area contributed by atoms with Crippen molar-refractivity contribution in [2.45, 2.75) is 111 Å². The molecular formula is C29H45NO10. The average Bonchev–Trinajstić information content (AvgIpc) is 2.89. The van der Waals surface area contributed by atoms with Crippen molar-refractivity contribution in [3.8, 4) is 11.5 Å². The number of ether oxygens (including phenoxy) is 6. The number of hydrogen-bond donors (Lipinski definition) is 1. The largest absolute Gasteiger partial charge is 0.514 e. The lowest BCUT2D eigenvalue weighted by Gasteiger charge is -2.30. The van der Waals surface area contributed by atoms with Crippen LogP contribution in [0.4, 0.5) is 9.59 Å². The van der Waals surface area contributed by atoms with E-state index in [1.165, 1.54) is 19.2 Å². The van der Waals surface area contributed by atoms with E-state index in [9.17, 15) is 19.2 Å². The first-order valence-corrected chi connectivity index (χ1v) is 13.8. The highest BCUT2D eigenvalue weighted by Gasteiger charge is 2.38. The third-order valence-corrected chi connectivity index (χ3v) is 6.34. The Kier molecular flexibility index (Phi) is 14.5. The van der Waals surface area contributed by atoms with Crippen LogP contribution in [0.15, 0.2) is 18.2 Å². The molecule has 0 amide bonds. The molecule has 0 radical (unpaired) electrons. The van der Waals surface area contributed by atoms with Crippen molar-refractivity contribution in [1.29, 1.82) is 0 Å². The van der Waals surface area contributed by atoms with Gasteiger partial charge < -0.3 is 34.2 Å². The highest BCUT2D eigenvalue weighted by atomic mass is 16.7. The maximum atomic E-state index is 12.8. The lowest BCUT2D eigenvalue weighted by Crippen LogP contribution is -2.53. The second-order valence-electron chi connectivity index (χ2n) is 10.1. The zero-order valence-electron chi connectivity index (χ0n) is 24.9. The van der Waals surface area contributed by atoms with Gasteiger partial charge in [0.2, 0.25) is 0 Å². The van der Waals surface area contributed by atoms with E-state index < -0.39 is 36.0 Å². The molecule has 3 unspecified atom stereocenters. The van der Waals surface area contributed by atoms with Crippen molar-refractivity contribution in [3.63, 3.8) is 0 Å². The van der Waals surface area contributed by atoms with Gasteiger partial charge >= 0.3 is 24.2 Å². The van der Waals surface area contributed by atoms with Gasteiger partial charge in [0.1, 0.15) is 23.9 Å². The first-order chi connectivity index (χ1) is 18.8. The van der Waals surface area contributed by atoms with Crippen LogP contribution in [0.25, 0.3) is 0 Å². The lowest BCUT2D eigenvalue weighted by molar-refractivity contribution is -0.157. The van der Waals surface area contributed by atoms with Crippen molar-refractivity contribution in [1.82, 2.24) is 0 Å². The maximum absolute atomic E-state index is 12.8. The molecule has 0 heterocycles. The molecule has 0 aliphatic heterocycles. The fourth-order valence-electron chi connectivity index (χ4n) is 3.76. The summed E-state index contributed by atoms with van der Waals surface area (Å²) in [5.41, 5.74) is 5.39. The van der Waals surface area contributed by atoms with Gasteiger partial charge in [-0.15, -0.1) is 0 Å². The van der Waals surface area contributed by atoms with Crippen LogP contribution >= 0.6 is 0 Å². The Balaban J connectivity index is 3.26. The van der Waals surface area contributed by atoms with Crippen LogP contribution in [0.2, 0.25) is 0 Å². The first-order valence-electron chi connectivity index (χ1n) is 13.8. The molecule has 0 saturated carbocycles. The Hall–Kier alpha value is -3.34. The monoisotopic (exact) mass is 567 g/mol. The highest BCUT2D eigenvalue weighted by Crippen LogP contribution is 2.32. The summed E-state index contributed by atoms with van der Waals surface area (Å²) < 4.78 is 31.5. The third-order valence-electron chi connectivity index (χ3n) is 6.34. The van der Waals surface area contributed by atoms with E-state index in [0.717, 1.165) is 6.42 Å². The number of methoxy groups -OCH3 is 1. The van der Waals surface area contributed by atoms with Crippen molar-refractivity contribution >= 4 is 24.2 Å². The van der Waals surface area contributed by atoms with Crippen molar-refractivity contribution < 1.29 is 47.6 Å². The smallest absolute Gasteiger partial charge is 0.468 e. The Labute approximate surface area is 236 Å². The number of benzene rings is 1. The minimum absolute atomic E-state index is 0.0318. The van der Waals surface area contributed by atoms with Gasteiger partial charge in [0, 0.05) is 12.8 Å². The van der Waals surface area contributed by atoms with E-state index in [-0.39, 0.29) is 42.3 Å². The quantitative estimate of drug-likeness (QED) is 0.163. The summed E-state index contributed by atoms with van der Waals surface area (Å²) in [5.74, 6) is -1.60. The minimum atomic E-state index is -1.59. The zero-order valence-corrected chi connectivity index (χ0v) is 24.9. The van der Waals surface area contributed by atoms with Gasteiger partial charge in [0.25, 0.3) is 0 Å². The maximum Gasteiger partial charge on any atom is 0.514 e. The topological polar surface area (TPSA) is 150 Å². The summed E-state index contributed by atoms with van der Waals surface area (Å²) in [6.07, 6.45) is -0.897. The molecule has 1 aromatic rings. The van der Waals surface area contributed by atoms with Crippen LogP contribution < -0.4 is 15.2 Å². The number of carbonyl (C=O) groups excluding carboxylic acids is 4. The lowest BCUT2D eigenvalue weighted by atomic mass is 9.86. The van der Waals surface area contributed by atoms with Crippen molar-refractivity contribution in [2.75, 3.05) is 7.11 Å². The third kappa shape index (κ3) is 11.4. The molecule has 2 N–H and O–H groups in total. The van der Waals surface area contributed by atoms with Crippen LogP contribution in [0.5, 0.6) is 11.5 Å². The van der Waals surface area contributed by atoms with Crippen molar-refractivity contribution in [2.24, 2.45) is 11.7 Å². The number of esters is 2. The van der Waals surface area contributed by atoms with E-state index >= 15 is 0 Å². The van der Waals surface area contributed by atoms with Gasteiger partial charge in [-0.25, -0.2) is 9.59 Å². The summed E-state index contributed by atoms with van der Waals surface area (Å²) in [5, 5.41) is 0. The Bertz CT molecular complexity index is 997. The predicted octanol–water partition coefficient (Wildman–Crippen LogP) is 5.49. The molecule has 0 aliphatic rings. The molecule has 0 fully saturated rings. The summed E-state index contributed by atoms with van der Waals surface area (Å²) in [4.78, 5) is 49.8. The Morgan fingerprint density at radius 2 is 1.38 bits per heavy atom. The number of rotatable bonds is 15. The second kappa shape index (κ2) is 16.7. The highest BCUT2D eigenvalue weighted by molar-refractivity contribution is 5.81. The molecule has 0 aliphatic carbocycles. The minimum Gasteiger partial charge on any atom is -0.468 e. The average molecular weight is 568 g/mol. The molecule has 0 spiro atoms. The van der Waals surface area contributed by atoms with Gasteiger partial charge in [-0.1, -0.05) is 40.2 Å². The number of carbonyl (C=O) groups is 4. The predicted molar refractivity (Wildman–Crippen MR) is 147 cm³/mol. The normalized spacial score (nSPS) is 15.4. The Morgan fingerprint density at radius 3 is 1.88 bits per heavy atom. The Morgan fingerprint density at radius 1 is 0.825 bits per heavy atom. The fraction of sp³-hybridized carbons (Fsp3) is 0.655. The molecule has 11 heteroatoms. The number of nitrogens with two attached hydrogens (primary N) is 1. The second-order valence-corrected chi connectivity index (χ2v) is 10.1. The summed E-state index contributed by atoms with van der Waals surface area (Å²) in [6, 6.07) is 4.37. The van der Waals surface area contributed by atoms with Gasteiger partial charge in [-0.3, -0.25) is 9.59 Å². The van der Waals surface area contributed by atoms with Crippen LogP contribution in [0, 0.1) is 5.92 Å². The molecule has 226 valence electrons. The van der Waals surface area contributed by atoms with Crippen LogP contribution in [-0.4, -0.2) is 55.2 Å². The van der Waals surface area contributed by atoms with E-state index in [2.05, 4.69) is 0 Å². The van der Waals surface area contributed by atoms with Gasteiger partial charge in [0.15, 0.2) is 11.5 Å². The van der Waals surface area contributed by atoms with Crippen molar-refractivity contribution in [3.05, 3.63) is 23.8 Å². The summed E-state index contributed by atoms with van der Waals surface area (Å²) >= 11 is 0.